The van der Waals surface area contributed by atoms with Crippen molar-refractivity contribution in [3.8, 4) is 5.75 Å². The van der Waals surface area contributed by atoms with Gasteiger partial charge in [0.25, 0.3) is 0 Å². The van der Waals surface area contributed by atoms with Gasteiger partial charge in [0.1, 0.15) is 23.7 Å². The Hall–Kier alpha value is -4.09. The molecule has 6 N–H and O–H groups in total. The van der Waals surface area contributed by atoms with Crippen LogP contribution in [0.1, 0.15) is 24.0 Å². The molecule has 0 unspecified atom stereocenters. The molecule has 0 saturated heterocycles. The van der Waals surface area contributed by atoms with Crippen LogP contribution < -0.4 is 16.0 Å². The number of amides is 2. The second kappa shape index (κ2) is 9.81. The summed E-state index contributed by atoms with van der Waals surface area (Å²) in [6.45, 7) is -0.894. The molecule has 0 aliphatic heterocycles. The van der Waals surface area contributed by atoms with Crippen LogP contribution in [0, 0.1) is 5.41 Å². The summed E-state index contributed by atoms with van der Waals surface area (Å²) in [5.41, 5.74) is 3.51. The van der Waals surface area contributed by atoms with E-state index in [9.17, 15) is 32.7 Å². The van der Waals surface area contributed by atoms with E-state index in [1.54, 1.807) is 0 Å². The van der Waals surface area contributed by atoms with Crippen LogP contribution in [-0.4, -0.2) is 40.4 Å². The van der Waals surface area contributed by atoms with E-state index in [0.717, 1.165) is 18.2 Å². The topological polar surface area (TPSA) is 157 Å². The molecule has 0 aromatic heterocycles. The molecule has 2 aromatic carbocycles. The second-order valence-electron chi connectivity index (χ2n) is 6.59. The van der Waals surface area contributed by atoms with E-state index in [0.29, 0.717) is 4.90 Å². The summed E-state index contributed by atoms with van der Waals surface area (Å²) < 4.78 is 40.6. The van der Waals surface area contributed by atoms with E-state index in [-0.39, 0.29) is 17.1 Å². The molecule has 0 atom stereocenters. The maximum atomic E-state index is 13.5. The van der Waals surface area contributed by atoms with Gasteiger partial charge in [0.15, 0.2) is 0 Å². The lowest BCUT2D eigenvalue weighted by atomic mass is 10.1. The minimum absolute atomic E-state index is 0.174. The van der Waals surface area contributed by atoms with Gasteiger partial charge in [-0.2, -0.15) is 13.2 Å². The van der Waals surface area contributed by atoms with Gasteiger partial charge in [-0.3, -0.25) is 19.8 Å². The molecule has 32 heavy (non-hydrogen) atoms. The van der Waals surface area contributed by atoms with Gasteiger partial charge in [0, 0.05) is 17.7 Å². The number of benzene rings is 2. The quantitative estimate of drug-likeness (QED) is 0.306. The summed E-state index contributed by atoms with van der Waals surface area (Å²) in [4.78, 5) is 36.3. The Labute approximate surface area is 179 Å². The largest absolute Gasteiger partial charge is 0.507 e. The zero-order valence-electron chi connectivity index (χ0n) is 16.4. The van der Waals surface area contributed by atoms with Crippen molar-refractivity contribution in [2.75, 3.05) is 16.8 Å². The van der Waals surface area contributed by atoms with E-state index < -0.39 is 60.3 Å². The number of nitrogens with zero attached hydrogens (tertiary/aromatic N) is 1. The van der Waals surface area contributed by atoms with Gasteiger partial charge in [-0.05, 0) is 24.3 Å². The lowest BCUT2D eigenvalue weighted by Gasteiger charge is -2.26. The number of nitrogen functional groups attached to an aromatic ring is 1. The molecule has 170 valence electrons. The number of alkyl halides is 3. The van der Waals surface area contributed by atoms with Crippen LogP contribution in [0.2, 0.25) is 0 Å². The molecular weight excluding hydrogens is 433 g/mol. The molecular formula is C20H19F3N4O5. The fourth-order valence-electron chi connectivity index (χ4n) is 2.81. The van der Waals surface area contributed by atoms with Crippen molar-refractivity contribution in [1.29, 1.82) is 5.41 Å². The number of amidine groups is 1. The molecule has 9 nitrogen and oxygen atoms in total. The van der Waals surface area contributed by atoms with Crippen molar-refractivity contribution in [3.05, 3.63) is 53.6 Å². The molecule has 0 heterocycles. The number of phenolic OH excluding ortho intramolecular Hbond substituents is 1. The first-order chi connectivity index (χ1) is 14.9. The normalized spacial score (nSPS) is 11.0. The van der Waals surface area contributed by atoms with Crippen LogP contribution in [0.25, 0.3) is 0 Å². The van der Waals surface area contributed by atoms with Crippen molar-refractivity contribution < 1.29 is 37.8 Å². The van der Waals surface area contributed by atoms with Gasteiger partial charge < -0.3 is 26.2 Å². The van der Waals surface area contributed by atoms with Gasteiger partial charge in [-0.1, -0.05) is 18.2 Å². The number of carbonyl (C=O) groups is 3. The van der Waals surface area contributed by atoms with E-state index in [4.69, 9.17) is 16.2 Å². The van der Waals surface area contributed by atoms with Crippen LogP contribution in [0.3, 0.4) is 0 Å². The van der Waals surface area contributed by atoms with E-state index in [2.05, 4.69) is 5.32 Å². The summed E-state index contributed by atoms with van der Waals surface area (Å²) in [7, 11) is 0. The van der Waals surface area contributed by atoms with Gasteiger partial charge in [0.05, 0.1) is 12.1 Å². The Morgan fingerprint density at radius 2 is 1.75 bits per heavy atom. The fourth-order valence-corrected chi connectivity index (χ4v) is 2.81. The summed E-state index contributed by atoms with van der Waals surface area (Å²) in [5.74, 6) is -4.74. The number of hydrogen-bond donors (Lipinski definition) is 5. The molecule has 0 aliphatic carbocycles. The molecule has 0 aliphatic rings. The van der Waals surface area contributed by atoms with Crippen LogP contribution in [-0.2, 0) is 20.6 Å². The summed E-state index contributed by atoms with van der Waals surface area (Å²) in [6.07, 6.45) is -6.40. The van der Waals surface area contributed by atoms with Crippen LogP contribution in [0.15, 0.2) is 42.5 Å². The maximum absolute atomic E-state index is 13.5. The molecule has 0 radical (unpaired) electrons. The summed E-state index contributed by atoms with van der Waals surface area (Å²) >= 11 is 0. The summed E-state index contributed by atoms with van der Waals surface area (Å²) in [6, 6.07) is 8.51. The van der Waals surface area contributed by atoms with Crippen LogP contribution >= 0.6 is 0 Å². The smallest absolute Gasteiger partial charge is 0.421 e. The number of rotatable bonds is 8. The Bertz CT molecular complexity index is 1060. The van der Waals surface area contributed by atoms with Gasteiger partial charge in [0.2, 0.25) is 11.8 Å². The standard InChI is InChI=1S/C20H19F3N4O5/c21-20(22,23)18-13(5-2-6-14(18)28)27(16(30)7-8-17(31)32)10-15(29)26-12-4-1-3-11(9-12)19(24)25/h1-6,9,28H,7-8,10H2,(H3,24,25)(H,26,29)(H,31,32). The minimum atomic E-state index is -5.06. The zero-order chi connectivity index (χ0) is 24.1. The number of anilines is 2. The number of carbonyl (C=O) groups excluding carboxylic acids is 2. The average molecular weight is 452 g/mol. The molecule has 12 heteroatoms. The highest BCUT2D eigenvalue weighted by Crippen LogP contribution is 2.42. The molecule has 2 amide bonds. The third-order valence-corrected chi connectivity index (χ3v) is 4.21. The number of aliphatic carboxylic acids is 1. The lowest BCUT2D eigenvalue weighted by Crippen LogP contribution is -2.39. The van der Waals surface area contributed by atoms with Crippen molar-refractivity contribution in [2.45, 2.75) is 19.0 Å². The SMILES string of the molecule is N=C(N)c1cccc(NC(=O)CN(C(=O)CCC(=O)O)c2cccc(O)c2C(F)(F)F)c1. The number of carboxylic acids is 1. The first-order valence-electron chi connectivity index (χ1n) is 9.05. The first-order valence-corrected chi connectivity index (χ1v) is 9.05. The number of hydrogen-bond acceptors (Lipinski definition) is 5. The Morgan fingerprint density at radius 1 is 1.09 bits per heavy atom. The molecule has 2 rings (SSSR count). The number of halogens is 3. The highest BCUT2D eigenvalue weighted by Gasteiger charge is 2.39. The highest BCUT2D eigenvalue weighted by molar-refractivity contribution is 6.04. The lowest BCUT2D eigenvalue weighted by molar-refractivity contribution is -0.140. The molecule has 2 aromatic rings. The van der Waals surface area contributed by atoms with E-state index in [1.807, 2.05) is 0 Å². The van der Waals surface area contributed by atoms with E-state index >= 15 is 0 Å². The second-order valence-corrected chi connectivity index (χ2v) is 6.59. The molecule has 0 bridgehead atoms. The predicted octanol–water partition coefficient (Wildman–Crippen LogP) is 2.53. The molecule has 0 saturated carbocycles. The number of nitrogens with one attached hydrogen (secondary N) is 2. The van der Waals surface area contributed by atoms with Crippen molar-refractivity contribution in [3.63, 3.8) is 0 Å². The number of aromatic hydroxyl groups is 1. The number of phenols is 1. The van der Waals surface area contributed by atoms with E-state index in [1.165, 1.54) is 24.3 Å². The van der Waals surface area contributed by atoms with Gasteiger partial charge in [-0.25, -0.2) is 0 Å². The van der Waals surface area contributed by atoms with Crippen molar-refractivity contribution in [2.24, 2.45) is 5.73 Å². The number of nitrogens with two attached hydrogens (primary N) is 1. The third-order valence-electron chi connectivity index (χ3n) is 4.21. The maximum Gasteiger partial charge on any atom is 0.421 e. The minimum Gasteiger partial charge on any atom is -0.507 e. The Balaban J connectivity index is 2.39. The molecule has 0 fully saturated rings. The molecule has 0 spiro atoms. The third kappa shape index (κ3) is 6.20. The first kappa shape index (κ1) is 24.2. The van der Waals surface area contributed by atoms with Crippen molar-refractivity contribution >= 4 is 35.0 Å². The van der Waals surface area contributed by atoms with Crippen molar-refractivity contribution in [1.82, 2.24) is 0 Å². The average Bonchev–Trinajstić information content (AvgIpc) is 2.69. The highest BCUT2D eigenvalue weighted by atomic mass is 19.4. The zero-order valence-corrected chi connectivity index (χ0v) is 16.4. The van der Waals surface area contributed by atoms with Gasteiger partial charge in [-0.15, -0.1) is 0 Å². The van der Waals surface area contributed by atoms with Crippen LogP contribution in [0.5, 0.6) is 5.75 Å². The fraction of sp³-hybridized carbons (Fsp3) is 0.200. The summed E-state index contributed by atoms with van der Waals surface area (Å²) in [5, 5.41) is 28.3. The predicted molar refractivity (Wildman–Crippen MR) is 108 cm³/mol. The van der Waals surface area contributed by atoms with Crippen LogP contribution in [0.4, 0.5) is 24.5 Å². The Kier molecular flexibility index (Phi) is 7.41. The Morgan fingerprint density at radius 3 is 2.34 bits per heavy atom. The van der Waals surface area contributed by atoms with Gasteiger partial charge >= 0.3 is 12.1 Å². The number of carboxylic acid groups (broad SMARTS) is 1. The monoisotopic (exact) mass is 452 g/mol.